The van der Waals surface area contributed by atoms with E-state index in [1.807, 2.05) is 10.9 Å². The molecule has 5 nitrogen and oxygen atoms in total. The molecule has 1 aromatic heterocycles. The Morgan fingerprint density at radius 1 is 1.15 bits per heavy atom. The van der Waals surface area contributed by atoms with Crippen LogP contribution < -0.4 is 10.9 Å². The highest BCUT2D eigenvalue weighted by Crippen LogP contribution is 2.25. The summed E-state index contributed by atoms with van der Waals surface area (Å²) in [5.74, 6) is 0.711. The molecule has 3 heterocycles. The van der Waals surface area contributed by atoms with Gasteiger partial charge in [-0.3, -0.25) is 15.8 Å². The average Bonchev–Trinajstić information content (AvgIpc) is 3.28. The Morgan fingerprint density at radius 2 is 1.93 bits per heavy atom. The summed E-state index contributed by atoms with van der Waals surface area (Å²) in [6, 6.07) is 9.51. The van der Waals surface area contributed by atoms with Gasteiger partial charge >= 0.3 is 0 Å². The van der Waals surface area contributed by atoms with Gasteiger partial charge in [0.15, 0.2) is 0 Å². The highest BCUT2D eigenvalue weighted by atomic mass is 15.4. The number of aromatic nitrogens is 2. The van der Waals surface area contributed by atoms with E-state index in [1.54, 1.807) is 0 Å². The van der Waals surface area contributed by atoms with Gasteiger partial charge < -0.3 is 0 Å². The van der Waals surface area contributed by atoms with Gasteiger partial charge in [-0.1, -0.05) is 24.3 Å². The molecule has 144 valence electrons. The van der Waals surface area contributed by atoms with Crippen molar-refractivity contribution in [3.63, 3.8) is 0 Å². The molecule has 1 fully saturated rings. The standard InChI is InChI=1S/C22H31N5/c1-16-6-4-5-7-22(16)27-15-20(14-23-27)19-8-11-26(12-9-19)13-10-21-17(2)24-25-18(21)3/h4-8,14-15,17-18,21,24-25H,9-13H2,1-3H3. The SMILES string of the molecule is Cc1ccccc1-n1cc(C2=CCN(CCC3C(C)NNC3C)CC2)cn1. The zero-order chi connectivity index (χ0) is 18.8. The number of hydrazine groups is 1. The van der Waals surface area contributed by atoms with Crippen molar-refractivity contribution in [2.45, 2.75) is 45.7 Å². The number of hydrogen-bond acceptors (Lipinski definition) is 4. The van der Waals surface area contributed by atoms with E-state index in [0.29, 0.717) is 18.0 Å². The Hall–Kier alpha value is -1.95. The molecule has 0 saturated carbocycles. The first-order valence-electron chi connectivity index (χ1n) is 10.2. The van der Waals surface area contributed by atoms with E-state index < -0.39 is 0 Å². The van der Waals surface area contributed by atoms with E-state index in [-0.39, 0.29) is 0 Å². The maximum absolute atomic E-state index is 4.60. The predicted molar refractivity (Wildman–Crippen MR) is 111 cm³/mol. The maximum Gasteiger partial charge on any atom is 0.0674 e. The van der Waals surface area contributed by atoms with Crippen molar-refractivity contribution in [3.8, 4) is 5.69 Å². The lowest BCUT2D eigenvalue weighted by molar-refractivity contribution is 0.262. The molecule has 0 spiro atoms. The van der Waals surface area contributed by atoms with Gasteiger partial charge in [-0.2, -0.15) is 5.10 Å². The molecular weight excluding hydrogens is 334 g/mol. The molecule has 4 rings (SSSR count). The van der Waals surface area contributed by atoms with Gasteiger partial charge in [-0.15, -0.1) is 0 Å². The second-order valence-electron chi connectivity index (χ2n) is 8.06. The minimum Gasteiger partial charge on any atom is -0.299 e. The van der Waals surface area contributed by atoms with E-state index in [1.165, 1.54) is 29.7 Å². The summed E-state index contributed by atoms with van der Waals surface area (Å²) in [5, 5.41) is 4.60. The monoisotopic (exact) mass is 365 g/mol. The fourth-order valence-electron chi connectivity index (χ4n) is 4.36. The van der Waals surface area contributed by atoms with Crippen molar-refractivity contribution < 1.29 is 0 Å². The highest BCUT2D eigenvalue weighted by molar-refractivity contribution is 5.66. The highest BCUT2D eigenvalue weighted by Gasteiger charge is 2.29. The molecule has 1 aromatic carbocycles. The second kappa shape index (κ2) is 7.97. The summed E-state index contributed by atoms with van der Waals surface area (Å²) in [6.07, 6.45) is 8.92. The first kappa shape index (κ1) is 18.4. The van der Waals surface area contributed by atoms with Crippen LogP contribution in [0.2, 0.25) is 0 Å². The lowest BCUT2D eigenvalue weighted by Crippen LogP contribution is -2.33. The van der Waals surface area contributed by atoms with Gasteiger partial charge in [0.2, 0.25) is 0 Å². The topological polar surface area (TPSA) is 45.1 Å². The molecule has 5 heteroatoms. The summed E-state index contributed by atoms with van der Waals surface area (Å²) in [4.78, 5) is 2.58. The lowest BCUT2D eigenvalue weighted by atomic mass is 9.92. The van der Waals surface area contributed by atoms with Crippen LogP contribution in [0.4, 0.5) is 0 Å². The molecular formula is C22H31N5. The zero-order valence-corrected chi connectivity index (χ0v) is 16.7. The smallest absolute Gasteiger partial charge is 0.0674 e. The molecule has 27 heavy (non-hydrogen) atoms. The largest absolute Gasteiger partial charge is 0.299 e. The van der Waals surface area contributed by atoms with Crippen LogP contribution in [0.5, 0.6) is 0 Å². The van der Waals surface area contributed by atoms with E-state index in [2.05, 4.69) is 78.2 Å². The number of hydrogen-bond donors (Lipinski definition) is 2. The minimum atomic E-state index is 0.558. The quantitative estimate of drug-likeness (QED) is 0.854. The third-order valence-corrected chi connectivity index (χ3v) is 6.21. The normalized spacial score (nSPS) is 26.3. The van der Waals surface area contributed by atoms with Crippen LogP contribution in [0.3, 0.4) is 0 Å². The maximum atomic E-state index is 4.60. The van der Waals surface area contributed by atoms with E-state index in [4.69, 9.17) is 0 Å². The van der Waals surface area contributed by atoms with E-state index in [9.17, 15) is 0 Å². The third kappa shape index (κ3) is 4.00. The molecule has 2 unspecified atom stereocenters. The average molecular weight is 366 g/mol. The molecule has 0 aliphatic carbocycles. The van der Waals surface area contributed by atoms with Gasteiger partial charge in [-0.25, -0.2) is 4.68 Å². The fourth-order valence-corrected chi connectivity index (χ4v) is 4.36. The Labute approximate surface area is 162 Å². The first-order chi connectivity index (χ1) is 13.1. The van der Waals surface area contributed by atoms with Crippen LogP contribution in [0.1, 0.15) is 37.8 Å². The molecule has 1 saturated heterocycles. The van der Waals surface area contributed by atoms with Gasteiger partial charge in [0, 0.05) is 36.9 Å². The number of rotatable bonds is 5. The Morgan fingerprint density at radius 3 is 2.63 bits per heavy atom. The predicted octanol–water partition coefficient (Wildman–Crippen LogP) is 3.16. The second-order valence-corrected chi connectivity index (χ2v) is 8.06. The lowest BCUT2D eigenvalue weighted by Gasteiger charge is -2.28. The number of nitrogens with zero attached hydrogens (tertiary/aromatic N) is 3. The van der Waals surface area contributed by atoms with Crippen LogP contribution in [-0.4, -0.2) is 46.4 Å². The summed E-state index contributed by atoms with van der Waals surface area (Å²) >= 11 is 0. The Bertz CT molecular complexity index is 799. The molecule has 0 amide bonds. The number of benzene rings is 1. The summed E-state index contributed by atoms with van der Waals surface area (Å²) in [6.45, 7) is 10.0. The molecule has 2 N–H and O–H groups in total. The summed E-state index contributed by atoms with van der Waals surface area (Å²) < 4.78 is 2.00. The Kier molecular flexibility index (Phi) is 5.43. The number of nitrogens with one attached hydrogen (secondary N) is 2. The van der Waals surface area contributed by atoms with Gasteiger partial charge in [0.1, 0.15) is 0 Å². The van der Waals surface area contributed by atoms with Crippen LogP contribution in [0, 0.1) is 12.8 Å². The van der Waals surface area contributed by atoms with Gasteiger partial charge in [0.05, 0.1) is 11.9 Å². The molecule has 2 aromatic rings. The summed E-state index contributed by atoms with van der Waals surface area (Å²) in [5.41, 5.74) is 11.8. The zero-order valence-electron chi connectivity index (χ0n) is 16.7. The van der Waals surface area contributed by atoms with Crippen molar-refractivity contribution in [3.05, 3.63) is 53.9 Å². The van der Waals surface area contributed by atoms with Crippen molar-refractivity contribution in [2.75, 3.05) is 19.6 Å². The molecule has 2 aliphatic rings. The first-order valence-corrected chi connectivity index (χ1v) is 10.2. The van der Waals surface area contributed by atoms with Crippen LogP contribution in [-0.2, 0) is 0 Å². The number of para-hydroxylation sites is 1. The van der Waals surface area contributed by atoms with Crippen molar-refractivity contribution >= 4 is 5.57 Å². The molecule has 0 bridgehead atoms. The van der Waals surface area contributed by atoms with Crippen LogP contribution >= 0.6 is 0 Å². The molecule has 0 radical (unpaired) electrons. The van der Waals surface area contributed by atoms with Crippen molar-refractivity contribution in [2.24, 2.45) is 5.92 Å². The van der Waals surface area contributed by atoms with Gasteiger partial charge in [0.25, 0.3) is 0 Å². The van der Waals surface area contributed by atoms with Gasteiger partial charge in [-0.05, 0) is 63.3 Å². The van der Waals surface area contributed by atoms with E-state index >= 15 is 0 Å². The molecule has 2 atom stereocenters. The van der Waals surface area contributed by atoms with Crippen molar-refractivity contribution in [1.82, 2.24) is 25.5 Å². The fraction of sp³-hybridized carbons (Fsp3) is 0.500. The summed E-state index contributed by atoms with van der Waals surface area (Å²) in [7, 11) is 0. The van der Waals surface area contributed by atoms with Crippen LogP contribution in [0.25, 0.3) is 11.3 Å². The minimum absolute atomic E-state index is 0.558. The number of aryl methyl sites for hydroxylation is 1. The van der Waals surface area contributed by atoms with E-state index in [0.717, 1.165) is 25.2 Å². The van der Waals surface area contributed by atoms with Crippen LogP contribution in [0.15, 0.2) is 42.7 Å². The third-order valence-electron chi connectivity index (χ3n) is 6.21. The molecule has 2 aliphatic heterocycles. The Balaban J connectivity index is 1.36. The van der Waals surface area contributed by atoms with Crippen molar-refractivity contribution in [1.29, 1.82) is 0 Å².